The summed E-state index contributed by atoms with van der Waals surface area (Å²) in [7, 11) is 0. The van der Waals surface area contributed by atoms with E-state index in [1.807, 2.05) is 42.3 Å². The van der Waals surface area contributed by atoms with Gasteiger partial charge in [-0.15, -0.1) is 11.3 Å². The van der Waals surface area contributed by atoms with Crippen molar-refractivity contribution in [1.82, 2.24) is 15.2 Å². The topological polar surface area (TPSA) is 63.7 Å². The minimum atomic E-state index is 0.0328. The van der Waals surface area contributed by atoms with Crippen LogP contribution in [-0.4, -0.2) is 47.1 Å². The Morgan fingerprint density at radius 2 is 1.86 bits per heavy atom. The van der Waals surface area contributed by atoms with Crippen LogP contribution in [-0.2, 0) is 22.7 Å². The second kappa shape index (κ2) is 13.7. The molecule has 3 aromatic rings. The summed E-state index contributed by atoms with van der Waals surface area (Å²) in [5, 5.41) is 6.57. The number of piperidine rings is 1. The van der Waals surface area contributed by atoms with E-state index >= 15 is 0 Å². The Hall–Kier alpha value is -1.84. The molecule has 43 heavy (non-hydrogen) atoms. The van der Waals surface area contributed by atoms with Gasteiger partial charge in [-0.3, -0.25) is 4.79 Å². The van der Waals surface area contributed by atoms with Crippen molar-refractivity contribution >= 4 is 69.2 Å². The Balaban J connectivity index is 1.17. The zero-order valence-corrected chi connectivity index (χ0v) is 27.6. The third kappa shape index (κ3) is 7.19. The van der Waals surface area contributed by atoms with Crippen LogP contribution in [0.5, 0.6) is 5.75 Å². The molecule has 3 aliphatic rings. The summed E-state index contributed by atoms with van der Waals surface area (Å²) < 4.78 is 11.6. The standard InChI is InChI=1S/C32H33Cl4N3O3S/c1-18-12-24(34)31(25(35)13-18)42-11-10-41-17-28-37-15-27(43-28)22-14-20-5-3-7-26(38-20)29(22)32(40)39(21-8-9-21)16-19-4-2-6-23(33)30(19)36/h2,4,6,12-13,15,20-21,26,38H,3,5,7-11,14,16-17H2,1H3. The number of carbonyl (C=O) groups excluding carboxylic acids is 1. The van der Waals surface area contributed by atoms with Crippen molar-refractivity contribution in [3.8, 4) is 5.75 Å². The fourth-order valence-corrected chi connectivity index (χ4v) is 7.96. The highest BCUT2D eigenvalue weighted by atomic mass is 35.5. The van der Waals surface area contributed by atoms with E-state index in [1.165, 1.54) is 0 Å². The van der Waals surface area contributed by atoms with E-state index in [2.05, 4.69) is 10.3 Å². The maximum Gasteiger partial charge on any atom is 0.252 e. The van der Waals surface area contributed by atoms with E-state index < -0.39 is 0 Å². The van der Waals surface area contributed by atoms with Gasteiger partial charge in [0.15, 0.2) is 5.75 Å². The number of rotatable bonds is 11. The van der Waals surface area contributed by atoms with Crippen molar-refractivity contribution in [3.63, 3.8) is 0 Å². The number of hydrogen-bond donors (Lipinski definition) is 1. The molecule has 1 amide bonds. The van der Waals surface area contributed by atoms with Crippen molar-refractivity contribution in [2.45, 2.75) is 76.7 Å². The lowest BCUT2D eigenvalue weighted by Gasteiger charge is -2.40. The highest BCUT2D eigenvalue weighted by Gasteiger charge is 2.41. The van der Waals surface area contributed by atoms with Crippen LogP contribution in [0.2, 0.25) is 20.1 Å². The second-order valence-electron chi connectivity index (χ2n) is 11.4. The predicted molar refractivity (Wildman–Crippen MR) is 175 cm³/mol. The molecular weight excluding hydrogens is 648 g/mol. The third-order valence-corrected chi connectivity index (χ3v) is 10.6. The first-order chi connectivity index (χ1) is 20.8. The molecule has 228 valence electrons. The van der Waals surface area contributed by atoms with Gasteiger partial charge in [0.05, 0.1) is 38.2 Å². The minimum absolute atomic E-state index is 0.0328. The average Bonchev–Trinajstić information content (AvgIpc) is 3.71. The van der Waals surface area contributed by atoms with Crippen LogP contribution >= 0.6 is 57.7 Å². The highest BCUT2D eigenvalue weighted by molar-refractivity contribution is 7.12. The number of nitrogens with zero attached hydrogens (tertiary/aromatic N) is 2. The molecule has 3 heterocycles. The number of ether oxygens (including phenoxy) is 2. The highest BCUT2D eigenvalue weighted by Crippen LogP contribution is 2.41. The van der Waals surface area contributed by atoms with Crippen molar-refractivity contribution in [3.05, 3.63) is 83.2 Å². The molecule has 11 heteroatoms. The molecule has 1 saturated heterocycles. The lowest BCUT2D eigenvalue weighted by Crippen LogP contribution is -2.51. The molecule has 1 saturated carbocycles. The van der Waals surface area contributed by atoms with Crippen LogP contribution in [0.15, 0.2) is 42.1 Å². The maximum absolute atomic E-state index is 14.4. The number of benzene rings is 2. The van der Waals surface area contributed by atoms with E-state index in [-0.39, 0.29) is 18.0 Å². The molecule has 6 nitrogen and oxygen atoms in total. The van der Waals surface area contributed by atoms with Crippen molar-refractivity contribution < 1.29 is 14.3 Å². The summed E-state index contributed by atoms with van der Waals surface area (Å²) in [6.45, 7) is 3.40. The van der Waals surface area contributed by atoms with Crippen molar-refractivity contribution in [2.24, 2.45) is 0 Å². The van der Waals surface area contributed by atoms with Gasteiger partial charge in [-0.05, 0) is 80.3 Å². The number of hydrogen-bond acceptors (Lipinski definition) is 6. The summed E-state index contributed by atoms with van der Waals surface area (Å²) in [4.78, 5) is 22.1. The van der Waals surface area contributed by atoms with Gasteiger partial charge in [-0.1, -0.05) is 58.5 Å². The van der Waals surface area contributed by atoms with Crippen LogP contribution in [0.3, 0.4) is 0 Å². The van der Waals surface area contributed by atoms with Crippen LogP contribution in [0.4, 0.5) is 0 Å². The number of carbonyl (C=O) groups is 1. The van der Waals surface area contributed by atoms with E-state index in [1.54, 1.807) is 17.4 Å². The van der Waals surface area contributed by atoms with Gasteiger partial charge in [0.2, 0.25) is 0 Å². The zero-order valence-electron chi connectivity index (χ0n) is 23.8. The number of aromatic nitrogens is 1. The fourth-order valence-electron chi connectivity index (χ4n) is 5.95. The molecular formula is C32H33Cl4N3O3S. The summed E-state index contributed by atoms with van der Waals surface area (Å²) in [5.41, 5.74) is 3.82. The smallest absolute Gasteiger partial charge is 0.252 e. The molecule has 1 N–H and O–H groups in total. The summed E-state index contributed by atoms with van der Waals surface area (Å²) in [5.74, 6) is 0.552. The Morgan fingerprint density at radius 3 is 2.63 bits per heavy atom. The van der Waals surface area contributed by atoms with Gasteiger partial charge in [0, 0.05) is 36.4 Å². The molecule has 2 atom stereocenters. The third-order valence-electron chi connectivity index (χ3n) is 8.15. The van der Waals surface area contributed by atoms with Gasteiger partial charge in [0.25, 0.3) is 5.91 Å². The number of thiazole rings is 1. The number of halogens is 4. The van der Waals surface area contributed by atoms with E-state index in [0.29, 0.717) is 58.2 Å². The number of amides is 1. The maximum atomic E-state index is 14.4. The molecule has 2 aliphatic heterocycles. The van der Waals surface area contributed by atoms with Gasteiger partial charge in [-0.2, -0.15) is 0 Å². The monoisotopic (exact) mass is 679 g/mol. The lowest BCUT2D eigenvalue weighted by atomic mass is 9.81. The summed E-state index contributed by atoms with van der Waals surface area (Å²) in [6.07, 6.45) is 7.87. The minimum Gasteiger partial charge on any atom is -0.488 e. The molecule has 2 unspecified atom stereocenters. The molecule has 0 radical (unpaired) electrons. The molecule has 2 fully saturated rings. The van der Waals surface area contributed by atoms with Crippen LogP contribution in [0.25, 0.3) is 5.57 Å². The molecule has 1 aliphatic carbocycles. The average molecular weight is 682 g/mol. The van der Waals surface area contributed by atoms with Crippen LogP contribution in [0, 0.1) is 6.92 Å². The van der Waals surface area contributed by atoms with Crippen LogP contribution in [0.1, 0.15) is 59.5 Å². The zero-order chi connectivity index (χ0) is 30.1. The normalized spacial score (nSPS) is 19.9. The van der Waals surface area contributed by atoms with Gasteiger partial charge in [0.1, 0.15) is 11.6 Å². The Bertz CT molecular complexity index is 1520. The Kier molecular flexibility index (Phi) is 9.89. The fraction of sp³-hybridized carbons (Fsp3) is 0.438. The van der Waals surface area contributed by atoms with Crippen LogP contribution < -0.4 is 10.1 Å². The first-order valence-corrected chi connectivity index (χ1v) is 17.0. The summed E-state index contributed by atoms with van der Waals surface area (Å²) in [6, 6.07) is 9.86. The second-order valence-corrected chi connectivity index (χ2v) is 14.1. The lowest BCUT2D eigenvalue weighted by molar-refractivity contribution is -0.128. The number of aryl methyl sites for hydroxylation is 1. The molecule has 1 aromatic heterocycles. The Labute approximate surface area is 276 Å². The van der Waals surface area contributed by atoms with Gasteiger partial charge < -0.3 is 19.7 Å². The Morgan fingerprint density at radius 1 is 1.07 bits per heavy atom. The quantitative estimate of drug-likeness (QED) is 0.206. The van der Waals surface area contributed by atoms with Crippen molar-refractivity contribution in [2.75, 3.05) is 13.2 Å². The molecule has 0 spiro atoms. The first kappa shape index (κ1) is 31.2. The summed E-state index contributed by atoms with van der Waals surface area (Å²) >= 11 is 27.0. The molecule has 2 bridgehead atoms. The van der Waals surface area contributed by atoms with Gasteiger partial charge in [-0.25, -0.2) is 4.98 Å². The van der Waals surface area contributed by atoms with Gasteiger partial charge >= 0.3 is 0 Å². The van der Waals surface area contributed by atoms with E-state index in [4.69, 9.17) is 55.9 Å². The molecule has 2 aromatic carbocycles. The SMILES string of the molecule is Cc1cc(Cl)c(OCCOCc2ncc(C3=C(C(=O)N(Cc4cccc(Cl)c4Cl)C4CC4)C4CCCC(C3)N4)s2)c(Cl)c1. The van der Waals surface area contributed by atoms with E-state index in [9.17, 15) is 4.79 Å². The van der Waals surface area contributed by atoms with E-state index in [0.717, 1.165) is 70.7 Å². The number of fused-ring (bicyclic) bond motifs is 2. The first-order valence-electron chi connectivity index (χ1n) is 14.6. The largest absolute Gasteiger partial charge is 0.488 e. The predicted octanol–water partition coefficient (Wildman–Crippen LogP) is 8.52. The number of nitrogens with one attached hydrogen (secondary N) is 1. The molecule has 6 rings (SSSR count). The van der Waals surface area contributed by atoms with Crippen molar-refractivity contribution in [1.29, 1.82) is 0 Å².